The monoisotopic (exact) mass is 406 g/mol. The molecule has 1 amide bonds. The van der Waals surface area contributed by atoms with Gasteiger partial charge in [-0.05, 0) is 66.4 Å². The summed E-state index contributed by atoms with van der Waals surface area (Å²) in [7, 11) is 1.75. The summed E-state index contributed by atoms with van der Waals surface area (Å²) in [6.45, 7) is 5.29. The molecule has 0 spiro atoms. The lowest BCUT2D eigenvalue weighted by atomic mass is 9.95. The van der Waals surface area contributed by atoms with Crippen molar-refractivity contribution in [2.24, 2.45) is 7.05 Å². The Morgan fingerprint density at radius 3 is 2.60 bits per heavy atom. The van der Waals surface area contributed by atoms with Crippen molar-refractivity contribution in [3.8, 4) is 0 Å². The third-order valence-corrected chi connectivity index (χ3v) is 5.41. The van der Waals surface area contributed by atoms with Crippen LogP contribution in [0.15, 0.2) is 48.0 Å². The van der Waals surface area contributed by atoms with Crippen LogP contribution in [0.3, 0.4) is 0 Å². The van der Waals surface area contributed by atoms with Crippen LogP contribution in [0.4, 0.5) is 16.0 Å². The molecule has 1 aliphatic heterocycles. The van der Waals surface area contributed by atoms with Crippen molar-refractivity contribution in [3.05, 3.63) is 70.5 Å². The largest absolute Gasteiger partial charge is 0.334 e. The van der Waals surface area contributed by atoms with Gasteiger partial charge in [0, 0.05) is 24.3 Å². The first-order valence-corrected chi connectivity index (χ1v) is 9.77. The van der Waals surface area contributed by atoms with E-state index in [0.717, 1.165) is 18.5 Å². The number of nitrogens with one attached hydrogen (secondary N) is 1. The first-order valence-electron chi connectivity index (χ1n) is 9.77. The number of carbonyl (C=O) groups is 1. The van der Waals surface area contributed by atoms with Gasteiger partial charge in [0.05, 0.1) is 7.05 Å². The van der Waals surface area contributed by atoms with E-state index >= 15 is 0 Å². The molecule has 0 bridgehead atoms. The fourth-order valence-corrected chi connectivity index (χ4v) is 3.57. The molecule has 0 radical (unpaired) electrons. The minimum Gasteiger partial charge on any atom is -0.334 e. The lowest BCUT2D eigenvalue weighted by molar-refractivity contribution is 0.102. The van der Waals surface area contributed by atoms with Crippen molar-refractivity contribution < 1.29 is 9.18 Å². The standard InChI is InChI=1S/C22H23FN6O/c1-14-11-12-29(22-25-27-28(3)26-22)13-19(14)16-7-9-17(10-8-16)24-21(30)18-5-4-6-20(23)15(18)2/h4-10H,11-13H2,1-3H3,(H,24,30). The maximum Gasteiger partial charge on any atom is 0.266 e. The molecule has 2 heterocycles. The topological polar surface area (TPSA) is 75.9 Å². The predicted octanol–water partition coefficient (Wildman–Crippen LogP) is 3.59. The van der Waals surface area contributed by atoms with Crippen molar-refractivity contribution in [1.29, 1.82) is 0 Å². The number of hydrogen-bond donors (Lipinski definition) is 1. The number of hydrogen-bond acceptors (Lipinski definition) is 5. The molecule has 4 rings (SSSR count). The third kappa shape index (κ3) is 3.94. The number of aryl methyl sites for hydroxylation is 1. The zero-order valence-corrected chi connectivity index (χ0v) is 17.2. The number of aromatic nitrogens is 4. The van der Waals surface area contributed by atoms with E-state index in [1.807, 2.05) is 24.3 Å². The second-order valence-electron chi connectivity index (χ2n) is 7.45. The molecule has 8 heteroatoms. The number of rotatable bonds is 4. The van der Waals surface area contributed by atoms with Crippen LogP contribution < -0.4 is 10.2 Å². The molecule has 0 saturated carbocycles. The van der Waals surface area contributed by atoms with E-state index in [1.165, 1.54) is 28.1 Å². The smallest absolute Gasteiger partial charge is 0.266 e. The molecule has 1 aromatic heterocycles. The van der Waals surface area contributed by atoms with Gasteiger partial charge in [-0.25, -0.2) is 4.39 Å². The summed E-state index contributed by atoms with van der Waals surface area (Å²) in [6.07, 6.45) is 0.922. The van der Waals surface area contributed by atoms with Crippen LogP contribution in [-0.4, -0.2) is 39.2 Å². The quantitative estimate of drug-likeness (QED) is 0.717. The number of tetrazole rings is 1. The lowest BCUT2D eigenvalue weighted by Gasteiger charge is -2.29. The Morgan fingerprint density at radius 1 is 1.13 bits per heavy atom. The van der Waals surface area contributed by atoms with Gasteiger partial charge in [0.25, 0.3) is 11.9 Å². The normalized spacial score (nSPS) is 14.2. The molecule has 0 atom stereocenters. The van der Waals surface area contributed by atoms with E-state index in [-0.39, 0.29) is 11.7 Å². The summed E-state index contributed by atoms with van der Waals surface area (Å²) < 4.78 is 13.7. The number of amides is 1. The highest BCUT2D eigenvalue weighted by Crippen LogP contribution is 2.29. The zero-order chi connectivity index (χ0) is 21.3. The number of benzene rings is 2. The molecule has 1 aliphatic rings. The molecular formula is C22H23FN6O. The second kappa shape index (κ2) is 8.06. The van der Waals surface area contributed by atoms with Crippen LogP contribution in [0, 0.1) is 12.7 Å². The third-order valence-electron chi connectivity index (χ3n) is 5.41. The van der Waals surface area contributed by atoms with Crippen molar-refractivity contribution >= 4 is 23.1 Å². The molecule has 0 unspecified atom stereocenters. The Balaban J connectivity index is 1.50. The van der Waals surface area contributed by atoms with E-state index in [0.29, 0.717) is 29.3 Å². The predicted molar refractivity (Wildman–Crippen MR) is 114 cm³/mol. The van der Waals surface area contributed by atoms with Crippen LogP contribution in [-0.2, 0) is 7.05 Å². The van der Waals surface area contributed by atoms with E-state index in [2.05, 4.69) is 32.6 Å². The number of halogens is 1. The van der Waals surface area contributed by atoms with Crippen LogP contribution in [0.1, 0.15) is 34.8 Å². The molecule has 154 valence electrons. The van der Waals surface area contributed by atoms with Gasteiger partial charge in [-0.2, -0.15) is 4.80 Å². The average molecular weight is 406 g/mol. The van der Waals surface area contributed by atoms with Crippen LogP contribution in [0.2, 0.25) is 0 Å². The summed E-state index contributed by atoms with van der Waals surface area (Å²) in [5, 5.41) is 15.2. The second-order valence-corrected chi connectivity index (χ2v) is 7.45. The molecule has 7 nitrogen and oxygen atoms in total. The minimum atomic E-state index is -0.389. The molecule has 0 aliphatic carbocycles. The van der Waals surface area contributed by atoms with Crippen LogP contribution in [0.5, 0.6) is 0 Å². The van der Waals surface area contributed by atoms with E-state index < -0.39 is 0 Å². The van der Waals surface area contributed by atoms with Crippen molar-refractivity contribution in [3.63, 3.8) is 0 Å². The van der Waals surface area contributed by atoms with Crippen molar-refractivity contribution in [2.45, 2.75) is 20.3 Å². The van der Waals surface area contributed by atoms with Gasteiger partial charge >= 0.3 is 0 Å². The van der Waals surface area contributed by atoms with Gasteiger partial charge in [-0.1, -0.05) is 28.9 Å². The number of anilines is 2. The summed E-state index contributed by atoms with van der Waals surface area (Å²) in [5.74, 6) is -0.0931. The van der Waals surface area contributed by atoms with Gasteiger partial charge < -0.3 is 10.2 Å². The average Bonchev–Trinajstić information content (AvgIpc) is 3.17. The van der Waals surface area contributed by atoms with E-state index in [1.54, 1.807) is 20.0 Å². The Hall–Kier alpha value is -3.55. The van der Waals surface area contributed by atoms with Crippen LogP contribution >= 0.6 is 0 Å². The maximum atomic E-state index is 13.7. The summed E-state index contributed by atoms with van der Waals surface area (Å²) >= 11 is 0. The van der Waals surface area contributed by atoms with Gasteiger partial charge in [0.1, 0.15) is 5.82 Å². The summed E-state index contributed by atoms with van der Waals surface area (Å²) in [4.78, 5) is 16.1. The zero-order valence-electron chi connectivity index (χ0n) is 17.2. The molecular weight excluding hydrogens is 383 g/mol. The molecule has 1 N–H and O–H groups in total. The number of carbonyl (C=O) groups excluding carboxylic acids is 1. The summed E-state index contributed by atoms with van der Waals surface area (Å²) in [5.41, 5.74) is 4.95. The maximum absolute atomic E-state index is 13.7. The SMILES string of the molecule is CC1=C(c2ccc(NC(=O)c3cccc(F)c3C)cc2)CN(c2nnn(C)n2)CC1. The van der Waals surface area contributed by atoms with Crippen molar-refractivity contribution in [1.82, 2.24) is 20.2 Å². The molecule has 3 aromatic rings. The molecule has 30 heavy (non-hydrogen) atoms. The Labute approximate surface area is 174 Å². The summed E-state index contributed by atoms with van der Waals surface area (Å²) in [6, 6.07) is 12.2. The fraction of sp³-hybridized carbons (Fsp3) is 0.273. The van der Waals surface area contributed by atoms with Gasteiger partial charge in [-0.3, -0.25) is 4.79 Å². The highest BCUT2D eigenvalue weighted by Gasteiger charge is 2.21. The fourth-order valence-electron chi connectivity index (χ4n) is 3.57. The molecule has 0 fully saturated rings. The van der Waals surface area contributed by atoms with Gasteiger partial charge in [-0.15, -0.1) is 5.10 Å². The van der Waals surface area contributed by atoms with E-state index in [4.69, 9.17) is 0 Å². The van der Waals surface area contributed by atoms with Crippen LogP contribution in [0.25, 0.3) is 5.57 Å². The molecule has 2 aromatic carbocycles. The highest BCUT2D eigenvalue weighted by molar-refractivity contribution is 6.05. The number of nitrogens with zero attached hydrogens (tertiary/aromatic N) is 5. The Kier molecular flexibility index (Phi) is 5.31. The first kappa shape index (κ1) is 19.8. The van der Waals surface area contributed by atoms with Gasteiger partial charge in [0.15, 0.2) is 0 Å². The minimum absolute atomic E-state index is 0.326. The Morgan fingerprint density at radius 2 is 1.90 bits per heavy atom. The Bertz CT molecular complexity index is 1120. The highest BCUT2D eigenvalue weighted by atomic mass is 19.1. The first-order chi connectivity index (χ1) is 14.4. The molecule has 0 saturated heterocycles. The van der Waals surface area contributed by atoms with Gasteiger partial charge in [0.2, 0.25) is 0 Å². The lowest BCUT2D eigenvalue weighted by Crippen LogP contribution is -2.31. The van der Waals surface area contributed by atoms with E-state index in [9.17, 15) is 9.18 Å². The van der Waals surface area contributed by atoms with Crippen molar-refractivity contribution in [2.75, 3.05) is 23.3 Å².